The maximum Gasteiger partial charge on any atom is 0.332 e. The molecule has 0 amide bonds. The lowest BCUT2D eigenvalue weighted by molar-refractivity contribution is -0.150. The molecule has 0 atom stereocenters. The van der Waals surface area contributed by atoms with Gasteiger partial charge in [-0.05, 0) is 32.1 Å². The summed E-state index contributed by atoms with van der Waals surface area (Å²) in [4.78, 5) is 40.4. The molecule has 0 N–H and O–H groups in total. The van der Waals surface area contributed by atoms with E-state index in [-0.39, 0.29) is 17.6 Å². The molecule has 1 saturated carbocycles. The third-order valence-corrected chi connectivity index (χ3v) is 4.85. The van der Waals surface area contributed by atoms with Crippen molar-refractivity contribution in [3.63, 3.8) is 0 Å². The van der Waals surface area contributed by atoms with E-state index >= 15 is 0 Å². The highest BCUT2D eigenvalue weighted by molar-refractivity contribution is 5.70. The van der Waals surface area contributed by atoms with Crippen molar-refractivity contribution >= 4 is 17.1 Å². The minimum atomic E-state index is -0.404. The molecule has 8 heteroatoms. The quantitative estimate of drug-likeness (QED) is 0.755. The van der Waals surface area contributed by atoms with Crippen LogP contribution in [0.4, 0.5) is 0 Å². The van der Waals surface area contributed by atoms with Crippen molar-refractivity contribution in [2.24, 2.45) is 14.1 Å². The second-order valence-electron chi connectivity index (χ2n) is 6.67. The largest absolute Gasteiger partial charge is 0.462 e. The van der Waals surface area contributed by atoms with Crippen molar-refractivity contribution in [1.82, 2.24) is 18.7 Å². The Morgan fingerprint density at radius 3 is 2.64 bits per heavy atom. The van der Waals surface area contributed by atoms with E-state index in [4.69, 9.17) is 4.74 Å². The second-order valence-corrected chi connectivity index (χ2v) is 6.67. The van der Waals surface area contributed by atoms with Gasteiger partial charge in [0.2, 0.25) is 0 Å². The zero-order valence-electron chi connectivity index (χ0n) is 14.7. The fourth-order valence-corrected chi connectivity index (χ4v) is 3.39. The number of hydrogen-bond acceptors (Lipinski definition) is 5. The van der Waals surface area contributed by atoms with Gasteiger partial charge in [0.25, 0.3) is 5.56 Å². The van der Waals surface area contributed by atoms with Gasteiger partial charge < -0.3 is 9.30 Å². The van der Waals surface area contributed by atoms with Crippen molar-refractivity contribution in [1.29, 1.82) is 0 Å². The monoisotopic (exact) mass is 348 g/mol. The van der Waals surface area contributed by atoms with E-state index in [9.17, 15) is 14.4 Å². The maximum atomic E-state index is 12.3. The normalized spacial score (nSPS) is 15.6. The van der Waals surface area contributed by atoms with E-state index in [0.29, 0.717) is 30.6 Å². The molecule has 8 nitrogen and oxygen atoms in total. The molecule has 1 aliphatic carbocycles. The van der Waals surface area contributed by atoms with Crippen LogP contribution in [-0.2, 0) is 30.2 Å². The molecular weight excluding hydrogens is 324 g/mol. The standard InChI is InChI=1S/C17H24N4O4/c1-19-15-14(16(23)20(2)17(19)24)21(11-18-15)10-6-9-13(22)25-12-7-4-3-5-8-12/h11-12H,3-10H2,1-2H3. The molecule has 3 rings (SSSR count). The first kappa shape index (κ1) is 17.4. The number of carbonyl (C=O) groups is 1. The SMILES string of the molecule is Cn1c(=O)c2c(ncn2CCCC(=O)OC2CCCCC2)n(C)c1=O. The lowest BCUT2D eigenvalue weighted by Gasteiger charge is -2.21. The number of aryl methyl sites for hydroxylation is 2. The highest BCUT2D eigenvalue weighted by Crippen LogP contribution is 2.20. The number of imidazole rings is 1. The minimum absolute atomic E-state index is 0.0668. The van der Waals surface area contributed by atoms with Gasteiger partial charge in [-0.15, -0.1) is 0 Å². The third kappa shape index (κ3) is 3.52. The molecule has 2 aromatic rings. The first-order chi connectivity index (χ1) is 12.0. The van der Waals surface area contributed by atoms with Crippen LogP contribution in [0.3, 0.4) is 0 Å². The molecule has 1 fully saturated rings. The fraction of sp³-hybridized carbons (Fsp3) is 0.647. The first-order valence-electron chi connectivity index (χ1n) is 8.79. The number of aromatic nitrogens is 4. The zero-order chi connectivity index (χ0) is 18.0. The summed E-state index contributed by atoms with van der Waals surface area (Å²) in [5.74, 6) is -0.184. The Balaban J connectivity index is 1.65. The van der Waals surface area contributed by atoms with E-state index < -0.39 is 5.69 Å². The van der Waals surface area contributed by atoms with Crippen LogP contribution >= 0.6 is 0 Å². The summed E-state index contributed by atoms with van der Waals surface area (Å²) in [6.45, 7) is 0.476. The second kappa shape index (κ2) is 7.25. The average Bonchev–Trinajstić information content (AvgIpc) is 3.03. The molecular formula is C17H24N4O4. The van der Waals surface area contributed by atoms with E-state index in [1.807, 2.05) is 0 Å². The van der Waals surface area contributed by atoms with Crippen LogP contribution < -0.4 is 11.2 Å². The minimum Gasteiger partial charge on any atom is -0.462 e. The van der Waals surface area contributed by atoms with Crippen LogP contribution in [0.15, 0.2) is 15.9 Å². The smallest absolute Gasteiger partial charge is 0.332 e. The number of ether oxygens (including phenoxy) is 1. The van der Waals surface area contributed by atoms with Crippen molar-refractivity contribution in [2.45, 2.75) is 57.6 Å². The summed E-state index contributed by atoms with van der Waals surface area (Å²) in [7, 11) is 3.03. The molecule has 0 saturated heterocycles. The van der Waals surface area contributed by atoms with Gasteiger partial charge in [-0.25, -0.2) is 9.78 Å². The van der Waals surface area contributed by atoms with Crippen molar-refractivity contribution in [2.75, 3.05) is 0 Å². The third-order valence-electron chi connectivity index (χ3n) is 4.85. The van der Waals surface area contributed by atoms with E-state index in [0.717, 1.165) is 30.3 Å². The molecule has 0 bridgehead atoms. The van der Waals surface area contributed by atoms with Crippen molar-refractivity contribution in [3.05, 3.63) is 27.2 Å². The summed E-state index contributed by atoms with van der Waals surface area (Å²) >= 11 is 0. The molecule has 136 valence electrons. The Morgan fingerprint density at radius 1 is 1.20 bits per heavy atom. The number of esters is 1. The Kier molecular flexibility index (Phi) is 5.06. The van der Waals surface area contributed by atoms with Crippen LogP contribution in [0.1, 0.15) is 44.9 Å². The van der Waals surface area contributed by atoms with Gasteiger partial charge in [-0.2, -0.15) is 0 Å². The van der Waals surface area contributed by atoms with Gasteiger partial charge in [0.15, 0.2) is 11.2 Å². The summed E-state index contributed by atoms with van der Waals surface area (Å²) in [6, 6.07) is 0. The predicted molar refractivity (Wildman–Crippen MR) is 92.4 cm³/mol. The Morgan fingerprint density at radius 2 is 1.92 bits per heavy atom. The van der Waals surface area contributed by atoms with Crippen molar-refractivity contribution < 1.29 is 9.53 Å². The van der Waals surface area contributed by atoms with Crippen molar-refractivity contribution in [3.8, 4) is 0 Å². The summed E-state index contributed by atoms with van der Waals surface area (Å²) < 4.78 is 9.62. The maximum absolute atomic E-state index is 12.3. The Hall–Kier alpha value is -2.38. The molecule has 1 aliphatic rings. The van der Waals surface area contributed by atoms with E-state index in [1.54, 1.807) is 11.6 Å². The summed E-state index contributed by atoms with van der Waals surface area (Å²) in [5.41, 5.74) is -0.0395. The van der Waals surface area contributed by atoms with Crippen LogP contribution in [0.25, 0.3) is 11.2 Å². The van der Waals surface area contributed by atoms with Gasteiger partial charge in [-0.3, -0.25) is 18.7 Å². The molecule has 25 heavy (non-hydrogen) atoms. The molecule has 0 aliphatic heterocycles. The van der Waals surface area contributed by atoms with E-state index in [2.05, 4.69) is 4.98 Å². The first-order valence-corrected chi connectivity index (χ1v) is 8.79. The molecule has 0 unspecified atom stereocenters. The predicted octanol–water partition coefficient (Wildman–Crippen LogP) is 1.09. The lowest BCUT2D eigenvalue weighted by atomic mass is 9.98. The number of fused-ring (bicyclic) bond motifs is 1. The number of carbonyl (C=O) groups excluding carboxylic acids is 1. The van der Waals surface area contributed by atoms with Crippen LogP contribution in [0.2, 0.25) is 0 Å². The van der Waals surface area contributed by atoms with Gasteiger partial charge >= 0.3 is 11.7 Å². The fourth-order valence-electron chi connectivity index (χ4n) is 3.39. The number of nitrogens with zero attached hydrogens (tertiary/aromatic N) is 4. The van der Waals surface area contributed by atoms with Gasteiger partial charge in [-0.1, -0.05) is 6.42 Å². The van der Waals surface area contributed by atoms with E-state index in [1.165, 1.54) is 24.4 Å². The number of hydrogen-bond donors (Lipinski definition) is 0. The molecule has 0 aromatic carbocycles. The average molecular weight is 348 g/mol. The summed E-state index contributed by atoms with van der Waals surface area (Å²) in [6.07, 6.45) is 7.87. The Labute approximate surface area is 145 Å². The topological polar surface area (TPSA) is 88.1 Å². The van der Waals surface area contributed by atoms with Gasteiger partial charge in [0, 0.05) is 27.1 Å². The van der Waals surface area contributed by atoms with Gasteiger partial charge in [0.1, 0.15) is 6.10 Å². The highest BCUT2D eigenvalue weighted by Gasteiger charge is 2.18. The molecule has 0 spiro atoms. The summed E-state index contributed by atoms with van der Waals surface area (Å²) in [5, 5.41) is 0. The number of rotatable bonds is 5. The van der Waals surface area contributed by atoms with Crippen LogP contribution in [-0.4, -0.2) is 30.8 Å². The van der Waals surface area contributed by atoms with Gasteiger partial charge in [0.05, 0.1) is 6.33 Å². The Bertz CT molecular complexity index is 886. The highest BCUT2D eigenvalue weighted by atomic mass is 16.5. The molecule has 2 aromatic heterocycles. The van der Waals surface area contributed by atoms with Crippen LogP contribution in [0, 0.1) is 0 Å². The zero-order valence-corrected chi connectivity index (χ0v) is 14.7. The lowest BCUT2D eigenvalue weighted by Crippen LogP contribution is -2.37. The van der Waals surface area contributed by atoms with Crippen LogP contribution in [0.5, 0.6) is 0 Å². The molecule has 0 radical (unpaired) electrons. The molecule has 2 heterocycles.